The van der Waals surface area contributed by atoms with E-state index in [4.69, 9.17) is 114 Å². The van der Waals surface area contributed by atoms with E-state index in [-0.39, 0.29) is 13.0 Å². The van der Waals surface area contributed by atoms with E-state index < -0.39 is 24.7 Å². The van der Waals surface area contributed by atoms with Gasteiger partial charge in [-0.25, -0.2) is 0 Å². The SMILES string of the molecule is COCCOCCOCCOCCOCCOCCOCCOCCOCCOCCOCCOCC[C@@H](O)CCCCCC(N[C@@H](O)CCOCCOCCOCCOCCOCCOCCOCCOCCOCCOCCOCCOC)C(O)O. The van der Waals surface area contributed by atoms with Gasteiger partial charge in [0.15, 0.2) is 6.29 Å². The van der Waals surface area contributed by atoms with Gasteiger partial charge in [-0.2, -0.15) is 0 Å². The molecular weight excluding hydrogens is 1170 g/mol. The molecule has 0 aliphatic heterocycles. The number of hydrogen-bond acceptors (Lipinski definition) is 29. The number of nitrogens with one attached hydrogen (secondary N) is 1. The molecule has 0 heterocycles. The van der Waals surface area contributed by atoms with Crippen LogP contribution in [0, 0.1) is 0 Å². The zero-order chi connectivity index (χ0) is 63.5. The lowest BCUT2D eigenvalue weighted by atomic mass is 10.0. The van der Waals surface area contributed by atoms with Gasteiger partial charge in [0.1, 0.15) is 6.23 Å². The molecule has 0 aliphatic rings. The van der Waals surface area contributed by atoms with Crippen molar-refractivity contribution < 1.29 is 134 Å². The van der Waals surface area contributed by atoms with Crippen molar-refractivity contribution in [3.63, 3.8) is 0 Å². The zero-order valence-corrected chi connectivity index (χ0v) is 53.9. The molecule has 0 saturated carbocycles. The van der Waals surface area contributed by atoms with Gasteiger partial charge in [-0.1, -0.05) is 19.3 Å². The minimum Gasteiger partial charge on any atom is -0.393 e. The van der Waals surface area contributed by atoms with E-state index in [9.17, 15) is 20.4 Å². The van der Waals surface area contributed by atoms with Gasteiger partial charge >= 0.3 is 0 Å². The highest BCUT2D eigenvalue weighted by molar-refractivity contribution is 4.71. The van der Waals surface area contributed by atoms with E-state index >= 15 is 0 Å². The summed E-state index contributed by atoms with van der Waals surface area (Å²) in [6.45, 7) is 21.9. The molecule has 3 atom stereocenters. The van der Waals surface area contributed by atoms with Gasteiger partial charge in [0, 0.05) is 27.2 Å². The maximum atomic E-state index is 10.4. The molecular formula is C59H121NO28. The molecule has 0 spiro atoms. The molecule has 0 radical (unpaired) electrons. The molecule has 0 aromatic rings. The van der Waals surface area contributed by atoms with Crippen molar-refractivity contribution in [2.75, 3.05) is 318 Å². The summed E-state index contributed by atoms with van der Waals surface area (Å²) in [4.78, 5) is 0. The topological polar surface area (TPSA) is 314 Å². The molecule has 29 nitrogen and oxygen atoms in total. The van der Waals surface area contributed by atoms with Gasteiger partial charge in [-0.15, -0.1) is 0 Å². The largest absolute Gasteiger partial charge is 0.393 e. The fourth-order valence-electron chi connectivity index (χ4n) is 7.02. The molecule has 0 aliphatic carbocycles. The Labute approximate surface area is 525 Å². The number of aliphatic hydroxyl groups is 4. The summed E-state index contributed by atoms with van der Waals surface area (Å²) in [5, 5.41) is 43.3. The van der Waals surface area contributed by atoms with Crippen LogP contribution >= 0.6 is 0 Å². The molecule has 0 aromatic heterocycles. The van der Waals surface area contributed by atoms with Crippen LogP contribution in [-0.2, 0) is 114 Å². The highest BCUT2D eigenvalue weighted by Gasteiger charge is 2.19. The quantitative estimate of drug-likeness (QED) is 0.0405. The third-order valence-electron chi connectivity index (χ3n) is 11.8. The first-order chi connectivity index (χ1) is 43.5. The lowest BCUT2D eigenvalue weighted by molar-refractivity contribution is -0.0833. The Morgan fingerprint density at radius 3 is 0.591 bits per heavy atom. The van der Waals surface area contributed by atoms with Crippen LogP contribution in [0.1, 0.15) is 44.9 Å². The van der Waals surface area contributed by atoms with Crippen LogP contribution in [0.25, 0.3) is 0 Å². The Bertz CT molecular complexity index is 1250. The molecule has 0 amide bonds. The third-order valence-corrected chi connectivity index (χ3v) is 11.8. The molecule has 0 rings (SSSR count). The van der Waals surface area contributed by atoms with E-state index in [0.717, 1.165) is 12.8 Å². The van der Waals surface area contributed by atoms with Gasteiger partial charge in [0.25, 0.3) is 0 Å². The van der Waals surface area contributed by atoms with Crippen molar-refractivity contribution in [3.05, 3.63) is 0 Å². The Morgan fingerprint density at radius 1 is 0.205 bits per heavy atom. The van der Waals surface area contributed by atoms with Crippen molar-refractivity contribution in [2.24, 2.45) is 0 Å². The monoisotopic (exact) mass is 1290 g/mol. The first-order valence-corrected chi connectivity index (χ1v) is 31.7. The second kappa shape index (κ2) is 78.3. The Morgan fingerprint density at radius 2 is 0.386 bits per heavy atom. The Hall–Kier alpha value is -1.16. The van der Waals surface area contributed by atoms with Gasteiger partial charge in [0.05, 0.1) is 309 Å². The number of aliphatic hydroxyl groups excluding tert-OH is 3. The molecule has 0 aromatic carbocycles. The summed E-state index contributed by atoms with van der Waals surface area (Å²) >= 11 is 0. The van der Waals surface area contributed by atoms with Crippen molar-refractivity contribution in [1.29, 1.82) is 0 Å². The summed E-state index contributed by atoms with van der Waals surface area (Å²) in [5.41, 5.74) is 0. The van der Waals surface area contributed by atoms with E-state index in [1.54, 1.807) is 14.2 Å². The molecule has 88 heavy (non-hydrogen) atoms. The average molecular weight is 1290 g/mol. The third kappa shape index (κ3) is 75.6. The van der Waals surface area contributed by atoms with Crippen LogP contribution in [0.4, 0.5) is 0 Å². The van der Waals surface area contributed by atoms with Crippen LogP contribution in [0.3, 0.4) is 0 Å². The van der Waals surface area contributed by atoms with Crippen molar-refractivity contribution in [1.82, 2.24) is 5.32 Å². The van der Waals surface area contributed by atoms with Gasteiger partial charge < -0.3 is 134 Å². The molecule has 29 heteroatoms. The second-order valence-corrected chi connectivity index (χ2v) is 19.0. The summed E-state index contributed by atoms with van der Waals surface area (Å²) in [6.07, 6.45) is 1.05. The van der Waals surface area contributed by atoms with Crippen molar-refractivity contribution >= 4 is 0 Å². The van der Waals surface area contributed by atoms with Gasteiger partial charge in [-0.05, 0) is 19.3 Å². The molecule has 1 unspecified atom stereocenters. The molecule has 530 valence electrons. The minimum absolute atomic E-state index is 0.270. The fraction of sp³-hybridized carbons (Fsp3) is 1.00. The van der Waals surface area contributed by atoms with Crippen molar-refractivity contribution in [2.45, 2.75) is 69.6 Å². The van der Waals surface area contributed by atoms with Crippen molar-refractivity contribution in [3.8, 4) is 0 Å². The Kier molecular flexibility index (Phi) is 77.3. The van der Waals surface area contributed by atoms with Crippen LogP contribution < -0.4 is 5.32 Å². The number of ether oxygens (including phenoxy) is 24. The van der Waals surface area contributed by atoms with Crippen LogP contribution in [0.2, 0.25) is 0 Å². The lowest BCUT2D eigenvalue weighted by Gasteiger charge is -2.24. The molecule has 0 saturated heterocycles. The van der Waals surface area contributed by atoms with Crippen LogP contribution in [-0.4, -0.2) is 363 Å². The van der Waals surface area contributed by atoms with Crippen LogP contribution in [0.5, 0.6) is 0 Å². The first-order valence-electron chi connectivity index (χ1n) is 31.7. The van der Waals surface area contributed by atoms with E-state index in [1.165, 1.54) is 0 Å². The van der Waals surface area contributed by atoms with Crippen LogP contribution in [0.15, 0.2) is 0 Å². The smallest absolute Gasteiger partial charge is 0.167 e. The lowest BCUT2D eigenvalue weighted by Crippen LogP contribution is -2.45. The minimum atomic E-state index is -1.62. The fourth-order valence-corrected chi connectivity index (χ4v) is 7.02. The highest BCUT2D eigenvalue weighted by atomic mass is 16.6. The summed E-state index contributed by atoms with van der Waals surface area (Å²) in [5.74, 6) is 0. The number of hydrogen-bond donors (Lipinski definition) is 5. The van der Waals surface area contributed by atoms with E-state index in [0.29, 0.717) is 323 Å². The Balaban J connectivity index is 3.38. The predicted molar refractivity (Wildman–Crippen MR) is 321 cm³/mol. The normalized spacial score (nSPS) is 13.0. The second-order valence-electron chi connectivity index (χ2n) is 19.0. The summed E-state index contributed by atoms with van der Waals surface area (Å²) < 4.78 is 130. The molecule has 0 fully saturated rings. The van der Waals surface area contributed by atoms with Gasteiger partial charge in [0.2, 0.25) is 0 Å². The van der Waals surface area contributed by atoms with Gasteiger partial charge in [-0.3, -0.25) is 5.32 Å². The highest BCUT2D eigenvalue weighted by Crippen LogP contribution is 2.12. The number of unbranched alkanes of at least 4 members (excludes halogenated alkanes) is 2. The number of methoxy groups -OCH3 is 2. The predicted octanol–water partition coefficient (Wildman–Crippen LogP) is 0.323. The van der Waals surface area contributed by atoms with E-state index in [1.807, 2.05) is 0 Å². The molecule has 5 N–H and O–H groups in total. The number of rotatable bonds is 81. The maximum absolute atomic E-state index is 10.4. The summed E-state index contributed by atoms with van der Waals surface area (Å²) in [7, 11) is 3.28. The average Bonchev–Trinajstić information content (AvgIpc) is 3.52. The summed E-state index contributed by atoms with van der Waals surface area (Å²) in [6, 6.07) is -0.694. The maximum Gasteiger partial charge on any atom is 0.167 e. The standard InChI is InChI=1S/C59H121NO28/c1-65-12-14-69-20-22-73-28-30-77-36-38-81-44-46-85-52-54-87-50-48-83-42-40-79-34-32-75-26-24-71-18-16-67-10-8-56(61)6-4-3-5-7-57(59(63)64)60-58(62)9-11-68-17-19-72-25-27-76-33-35-80-41-43-84-49-51-88-55-53-86-47-45-82-39-37-78-31-29-74-23-21-70-15-13-66-2/h56-64H,3-55H2,1-2H3/t56-,57?,58-/m0/s1. The molecule has 0 bridgehead atoms. The van der Waals surface area contributed by atoms with E-state index in [2.05, 4.69) is 5.32 Å². The first kappa shape index (κ1) is 86.8. The zero-order valence-electron chi connectivity index (χ0n) is 53.9.